The number of nitrogens with zero attached hydrogens (tertiary/aromatic N) is 6. The van der Waals surface area contributed by atoms with Crippen LogP contribution in [0.4, 0.5) is 0 Å². The number of benzene rings is 21. The Kier molecular flexibility index (Phi) is 23.0. The second kappa shape index (κ2) is 38.3. The van der Waals surface area contributed by atoms with E-state index in [1.54, 1.807) is 0 Å². The van der Waals surface area contributed by atoms with E-state index in [1.807, 2.05) is 98.5 Å². The molecule has 0 saturated heterocycles. The van der Waals surface area contributed by atoms with Crippen molar-refractivity contribution in [2.45, 2.75) is 0 Å². The van der Waals surface area contributed by atoms with Crippen LogP contribution in [0.15, 0.2) is 547 Å². The summed E-state index contributed by atoms with van der Waals surface area (Å²) in [6.07, 6.45) is 20.5. The first-order chi connectivity index (χ1) is 71.4. The van der Waals surface area contributed by atoms with Crippen LogP contribution in [0.5, 0.6) is 0 Å². The zero-order valence-electron chi connectivity index (χ0n) is 78.6. The summed E-state index contributed by atoms with van der Waals surface area (Å²) in [7, 11) is 0. The third kappa shape index (κ3) is 16.9. The molecule has 6 aromatic heterocycles. The summed E-state index contributed by atoms with van der Waals surface area (Å²) in [5.74, 6) is 0. The third-order valence-electron chi connectivity index (χ3n) is 28.3. The zero-order valence-corrected chi connectivity index (χ0v) is 78.6. The number of hydrogen-bond donors (Lipinski definition) is 0. The molecule has 0 spiro atoms. The lowest BCUT2D eigenvalue weighted by molar-refractivity contribution is 1.32. The maximum Gasteiger partial charge on any atom is 0.0702 e. The third-order valence-corrected chi connectivity index (χ3v) is 28.3. The fourth-order valence-electron chi connectivity index (χ4n) is 21.3. The van der Waals surface area contributed by atoms with Crippen molar-refractivity contribution in [3.05, 3.63) is 547 Å². The van der Waals surface area contributed by atoms with Gasteiger partial charge in [-0.05, 0) is 363 Å². The molecule has 0 unspecified atom stereocenters. The van der Waals surface area contributed by atoms with E-state index in [1.165, 1.54) is 186 Å². The maximum atomic E-state index is 4.67. The summed E-state index contributed by atoms with van der Waals surface area (Å²) in [5.41, 5.74) is 34.6. The van der Waals surface area contributed by atoms with Crippen LogP contribution < -0.4 is 0 Å². The standard InChI is InChI=1S/3C46H30N2/c1-2-12-40(38-26-36(34-9-7-23-47-29-34)25-37(27-38)35-10-8-24-48-30-35)39(11-1)32-19-17-31(18-20-32)33-21-22-45-43-15-4-3-13-41(43)42-14-5-6-16-44(42)46(45)28-33;1-2-12-39(36-26-35(34-10-9-24-47-30-34)27-37(28-36)46-17-7-8-25-48-46)38(11-1)32-20-18-31(19-21-32)33-22-23-44-42-15-4-3-13-40(42)41-14-5-6-16-43(41)45(44)29-33;1-2-8-40(38-28-36(32-19-23-47-24-20-32)27-37(29-38)33-21-25-48-26-22-33)39(7-1)34-15-13-31(14-16-34)35-17-18-45-43-11-4-3-9-41(43)42-10-5-6-12-44(42)46(45)30-35/h3*1-30H. The van der Waals surface area contributed by atoms with Crippen LogP contribution in [-0.4, -0.2) is 29.9 Å². The quantitative estimate of drug-likeness (QED) is 0.0952. The molecule has 0 bridgehead atoms. The number of aromatic nitrogens is 6. The van der Waals surface area contributed by atoms with Gasteiger partial charge in [-0.3, -0.25) is 29.9 Å². The maximum absolute atomic E-state index is 4.67. The minimum absolute atomic E-state index is 0.947. The van der Waals surface area contributed by atoms with Gasteiger partial charge >= 0.3 is 0 Å². The summed E-state index contributed by atoms with van der Waals surface area (Å²) in [6.45, 7) is 0. The summed E-state index contributed by atoms with van der Waals surface area (Å²) in [6, 6.07) is 173. The van der Waals surface area contributed by atoms with E-state index < -0.39 is 0 Å². The van der Waals surface area contributed by atoms with E-state index in [2.05, 4.69) is 479 Å². The number of rotatable bonds is 15. The Morgan fingerprint density at radius 1 is 0.0972 bits per heavy atom. The van der Waals surface area contributed by atoms with Gasteiger partial charge in [0.15, 0.2) is 0 Å². The van der Waals surface area contributed by atoms with Crippen molar-refractivity contribution in [3.8, 4) is 167 Å². The summed E-state index contributed by atoms with van der Waals surface area (Å²) >= 11 is 0. The molecule has 0 radical (unpaired) electrons. The van der Waals surface area contributed by atoms with E-state index in [0.29, 0.717) is 0 Å². The van der Waals surface area contributed by atoms with Crippen LogP contribution in [0.3, 0.4) is 0 Å². The van der Waals surface area contributed by atoms with Gasteiger partial charge in [-0.25, -0.2) is 0 Å². The summed E-state index contributed by atoms with van der Waals surface area (Å²) < 4.78 is 0. The van der Waals surface area contributed by atoms with E-state index in [4.69, 9.17) is 0 Å². The van der Waals surface area contributed by atoms with Gasteiger partial charge in [-0.2, -0.15) is 0 Å². The van der Waals surface area contributed by atoms with E-state index >= 15 is 0 Å². The second-order valence-electron chi connectivity index (χ2n) is 36.7. The van der Waals surface area contributed by atoms with Crippen molar-refractivity contribution < 1.29 is 0 Å². The normalized spacial score (nSPS) is 11.3. The molecule has 0 aliphatic heterocycles. The Labute approximate surface area is 835 Å². The van der Waals surface area contributed by atoms with Crippen LogP contribution in [0, 0.1) is 0 Å². The molecule has 144 heavy (non-hydrogen) atoms. The van der Waals surface area contributed by atoms with Crippen molar-refractivity contribution >= 4 is 97.0 Å². The van der Waals surface area contributed by atoms with Gasteiger partial charge in [0, 0.05) is 90.4 Å². The summed E-state index contributed by atoms with van der Waals surface area (Å²) in [5, 5.41) is 23.3. The molecule has 0 aliphatic carbocycles. The van der Waals surface area contributed by atoms with Crippen molar-refractivity contribution in [1.29, 1.82) is 0 Å². The molecule has 672 valence electrons. The van der Waals surface area contributed by atoms with E-state index in [-0.39, 0.29) is 0 Å². The van der Waals surface area contributed by atoms with Gasteiger partial charge in [-0.1, -0.05) is 352 Å². The highest BCUT2D eigenvalue weighted by Gasteiger charge is 2.21. The molecule has 0 N–H and O–H groups in total. The molecule has 0 aliphatic rings. The summed E-state index contributed by atoms with van der Waals surface area (Å²) in [4.78, 5) is 26.4. The zero-order chi connectivity index (χ0) is 95.6. The van der Waals surface area contributed by atoms with Crippen LogP contribution in [0.2, 0.25) is 0 Å². The van der Waals surface area contributed by atoms with Crippen LogP contribution in [0.1, 0.15) is 0 Å². The average Bonchev–Trinajstić information content (AvgIpc) is 0.746. The number of hydrogen-bond acceptors (Lipinski definition) is 6. The first kappa shape index (κ1) is 86.4. The first-order valence-electron chi connectivity index (χ1n) is 48.9. The molecule has 27 rings (SSSR count). The minimum atomic E-state index is 0.947. The van der Waals surface area contributed by atoms with Gasteiger partial charge in [0.1, 0.15) is 0 Å². The van der Waals surface area contributed by atoms with Crippen LogP contribution >= 0.6 is 0 Å². The molecule has 0 saturated carbocycles. The van der Waals surface area contributed by atoms with Crippen LogP contribution in [-0.2, 0) is 0 Å². The molecule has 6 heterocycles. The van der Waals surface area contributed by atoms with Gasteiger partial charge in [0.2, 0.25) is 0 Å². The Hall–Kier alpha value is -19.1. The first-order valence-corrected chi connectivity index (χ1v) is 48.9. The van der Waals surface area contributed by atoms with Crippen LogP contribution in [0.25, 0.3) is 264 Å². The largest absolute Gasteiger partial charge is 0.265 e. The van der Waals surface area contributed by atoms with Gasteiger partial charge < -0.3 is 0 Å². The Balaban J connectivity index is 0.000000113. The molecule has 6 nitrogen and oxygen atoms in total. The molecule has 0 atom stereocenters. The molecular formula is C138H90N6. The van der Waals surface area contributed by atoms with E-state index in [9.17, 15) is 0 Å². The Morgan fingerprint density at radius 2 is 0.306 bits per heavy atom. The molecule has 0 amide bonds. The minimum Gasteiger partial charge on any atom is -0.265 e. The predicted molar refractivity (Wildman–Crippen MR) is 605 cm³/mol. The Morgan fingerprint density at radius 3 is 0.569 bits per heavy atom. The number of fused-ring (bicyclic) bond motifs is 18. The van der Waals surface area contributed by atoms with Crippen molar-refractivity contribution in [1.82, 2.24) is 29.9 Å². The lowest BCUT2D eigenvalue weighted by atomic mass is 9.89. The van der Waals surface area contributed by atoms with Gasteiger partial charge in [0.05, 0.1) is 5.69 Å². The molecule has 27 aromatic rings. The lowest BCUT2D eigenvalue weighted by Crippen LogP contribution is -1.90. The van der Waals surface area contributed by atoms with Gasteiger partial charge in [-0.15, -0.1) is 0 Å². The monoisotopic (exact) mass is 1830 g/mol. The SMILES string of the molecule is c1ccc(-c2cc(-c3cccnc3)cc(-c3ccccc3-c3ccc(-c4ccc5c6ccccc6c6ccccc6c5c4)cc3)c2)nc1.c1ccc(-c2cc(-c3ccncc3)cc(-c3ccncc3)c2)c(-c2ccc(-c3ccc4c5ccccc5c5ccccc5c4c3)cc2)c1.c1cncc(-c2cc(-c3cccnc3)cc(-c3ccccc3-c3ccc(-c4ccc5c6ccccc6c6ccccc6c5c4)cc3)c2)c1. The van der Waals surface area contributed by atoms with E-state index in [0.717, 1.165) is 78.0 Å². The highest BCUT2D eigenvalue weighted by atomic mass is 14.7. The predicted octanol–water partition coefficient (Wildman–Crippen LogP) is 36.8. The number of pyridine rings is 6. The molecule has 0 fully saturated rings. The molecule has 21 aromatic carbocycles. The molecular weight excluding hydrogens is 1740 g/mol. The van der Waals surface area contributed by atoms with Crippen molar-refractivity contribution in [3.63, 3.8) is 0 Å². The molecule has 6 heteroatoms. The smallest absolute Gasteiger partial charge is 0.0702 e. The second-order valence-corrected chi connectivity index (χ2v) is 36.7. The van der Waals surface area contributed by atoms with Crippen molar-refractivity contribution in [2.75, 3.05) is 0 Å². The van der Waals surface area contributed by atoms with Gasteiger partial charge in [0.25, 0.3) is 0 Å². The van der Waals surface area contributed by atoms with Crippen molar-refractivity contribution in [2.24, 2.45) is 0 Å². The average molecular weight is 1830 g/mol. The topological polar surface area (TPSA) is 77.3 Å². The Bertz CT molecular complexity index is 8360. The fourth-order valence-corrected chi connectivity index (χ4v) is 21.3. The highest BCUT2D eigenvalue weighted by Crippen LogP contribution is 2.47. The highest BCUT2D eigenvalue weighted by molar-refractivity contribution is 6.28. The lowest BCUT2D eigenvalue weighted by Gasteiger charge is -2.15. The fraction of sp³-hybridized carbons (Fsp3) is 0.